The molecule has 0 spiro atoms. The molecule has 1 unspecified atom stereocenters. The van der Waals surface area contributed by atoms with Gasteiger partial charge in [-0.1, -0.05) is 0 Å². The first-order valence-electron chi connectivity index (χ1n) is 6.11. The normalized spacial score (nSPS) is 22.6. The van der Waals surface area contributed by atoms with Gasteiger partial charge in [-0.25, -0.2) is 0 Å². The fraction of sp³-hybridized carbons (Fsp3) is 0.917. The van der Waals surface area contributed by atoms with Crippen LogP contribution in [-0.4, -0.2) is 42.8 Å². The second-order valence-corrected chi connectivity index (χ2v) is 4.78. The molecule has 0 radical (unpaired) electrons. The molecule has 1 aliphatic heterocycles. The first kappa shape index (κ1) is 13.4. The van der Waals surface area contributed by atoms with Crippen LogP contribution in [0.25, 0.3) is 0 Å². The summed E-state index contributed by atoms with van der Waals surface area (Å²) in [4.78, 5) is 2.37. The fourth-order valence-corrected chi connectivity index (χ4v) is 1.98. The van der Waals surface area contributed by atoms with Crippen LogP contribution in [0.4, 0.5) is 0 Å². The van der Waals surface area contributed by atoms with Gasteiger partial charge in [0.1, 0.15) is 5.54 Å². The van der Waals surface area contributed by atoms with Crippen molar-refractivity contribution in [2.75, 3.05) is 26.2 Å². The molecule has 92 valence electrons. The van der Waals surface area contributed by atoms with Crippen LogP contribution in [0.2, 0.25) is 0 Å². The third-order valence-corrected chi connectivity index (χ3v) is 3.14. The summed E-state index contributed by atoms with van der Waals surface area (Å²) in [6.45, 7) is 7.68. The smallest absolute Gasteiger partial charge is 0.102 e. The molecule has 16 heavy (non-hydrogen) atoms. The van der Waals surface area contributed by atoms with Crippen molar-refractivity contribution < 1.29 is 4.74 Å². The molecule has 1 saturated heterocycles. The SMILES string of the molecule is CCOC1CCN(CCC(C)(N)C#N)CC1. The number of ether oxygens (including phenoxy) is 1. The summed E-state index contributed by atoms with van der Waals surface area (Å²) >= 11 is 0. The van der Waals surface area contributed by atoms with Crippen LogP contribution < -0.4 is 5.73 Å². The van der Waals surface area contributed by atoms with Gasteiger partial charge in [-0.2, -0.15) is 5.26 Å². The van der Waals surface area contributed by atoms with Crippen LogP contribution in [0.5, 0.6) is 0 Å². The molecular weight excluding hydrogens is 202 g/mol. The second-order valence-electron chi connectivity index (χ2n) is 4.78. The number of nitriles is 1. The molecule has 4 nitrogen and oxygen atoms in total. The lowest BCUT2D eigenvalue weighted by Gasteiger charge is -2.32. The van der Waals surface area contributed by atoms with Crippen LogP contribution in [0.3, 0.4) is 0 Å². The summed E-state index contributed by atoms with van der Waals surface area (Å²) in [5.41, 5.74) is 5.11. The predicted octanol–water partition coefficient (Wildman–Crippen LogP) is 1.12. The zero-order valence-electron chi connectivity index (χ0n) is 10.4. The van der Waals surface area contributed by atoms with E-state index in [4.69, 9.17) is 15.7 Å². The monoisotopic (exact) mass is 225 g/mol. The largest absolute Gasteiger partial charge is 0.378 e. The van der Waals surface area contributed by atoms with Gasteiger partial charge in [-0.15, -0.1) is 0 Å². The highest BCUT2D eigenvalue weighted by Gasteiger charge is 2.22. The standard InChI is InChI=1S/C12H23N3O/c1-3-16-11-4-7-15(8-5-11)9-6-12(2,14)10-13/h11H,3-9,14H2,1-2H3. The number of hydrogen-bond donors (Lipinski definition) is 1. The summed E-state index contributed by atoms with van der Waals surface area (Å²) in [7, 11) is 0. The first-order valence-corrected chi connectivity index (χ1v) is 6.11. The van der Waals surface area contributed by atoms with Gasteiger partial charge >= 0.3 is 0 Å². The third kappa shape index (κ3) is 4.48. The Morgan fingerprint density at radius 3 is 2.62 bits per heavy atom. The molecular formula is C12H23N3O. The lowest BCUT2D eigenvalue weighted by molar-refractivity contribution is 0.0135. The number of likely N-dealkylation sites (tertiary alicyclic amines) is 1. The van der Waals surface area contributed by atoms with Crippen molar-refractivity contribution in [3.05, 3.63) is 0 Å². The van der Waals surface area contributed by atoms with Crippen molar-refractivity contribution in [2.45, 2.75) is 44.8 Å². The Hall–Kier alpha value is -0.630. The highest BCUT2D eigenvalue weighted by Crippen LogP contribution is 2.15. The van der Waals surface area contributed by atoms with Crippen molar-refractivity contribution in [1.29, 1.82) is 5.26 Å². The molecule has 1 atom stereocenters. The van der Waals surface area contributed by atoms with Crippen LogP contribution in [0.15, 0.2) is 0 Å². The Morgan fingerprint density at radius 1 is 1.50 bits per heavy atom. The number of nitrogens with zero attached hydrogens (tertiary/aromatic N) is 2. The second kappa shape index (κ2) is 6.19. The summed E-state index contributed by atoms with van der Waals surface area (Å²) in [6, 6.07) is 2.14. The van der Waals surface area contributed by atoms with E-state index in [1.54, 1.807) is 6.92 Å². The Morgan fingerprint density at radius 2 is 2.12 bits per heavy atom. The molecule has 0 aliphatic carbocycles. The molecule has 1 heterocycles. The topological polar surface area (TPSA) is 62.3 Å². The van der Waals surface area contributed by atoms with Gasteiger partial charge in [0.15, 0.2) is 0 Å². The van der Waals surface area contributed by atoms with Gasteiger partial charge in [0.25, 0.3) is 0 Å². The maximum atomic E-state index is 8.82. The molecule has 0 amide bonds. The minimum atomic E-state index is -0.684. The van der Waals surface area contributed by atoms with Gasteiger partial charge < -0.3 is 15.4 Å². The summed E-state index contributed by atoms with van der Waals surface area (Å²) in [5, 5.41) is 8.82. The van der Waals surface area contributed by atoms with E-state index in [9.17, 15) is 0 Å². The number of rotatable bonds is 5. The number of piperidine rings is 1. The molecule has 2 N–H and O–H groups in total. The zero-order valence-corrected chi connectivity index (χ0v) is 10.4. The van der Waals surface area contributed by atoms with Gasteiger partial charge in [-0.3, -0.25) is 0 Å². The van der Waals surface area contributed by atoms with E-state index in [1.807, 2.05) is 6.92 Å². The highest BCUT2D eigenvalue weighted by atomic mass is 16.5. The predicted molar refractivity (Wildman–Crippen MR) is 63.9 cm³/mol. The molecule has 0 aromatic carbocycles. The average Bonchev–Trinajstić information content (AvgIpc) is 2.29. The van der Waals surface area contributed by atoms with Gasteiger partial charge in [-0.05, 0) is 33.1 Å². The molecule has 0 aromatic heterocycles. The van der Waals surface area contributed by atoms with Crippen molar-refractivity contribution >= 4 is 0 Å². The lowest BCUT2D eigenvalue weighted by atomic mass is 10.00. The van der Waals surface area contributed by atoms with Gasteiger partial charge in [0, 0.05) is 26.2 Å². The minimum absolute atomic E-state index is 0.432. The van der Waals surface area contributed by atoms with E-state index in [0.29, 0.717) is 6.10 Å². The fourth-order valence-electron chi connectivity index (χ4n) is 1.98. The maximum Gasteiger partial charge on any atom is 0.102 e. The van der Waals surface area contributed by atoms with Crippen LogP contribution >= 0.6 is 0 Å². The summed E-state index contributed by atoms with van der Waals surface area (Å²) in [5.74, 6) is 0. The third-order valence-electron chi connectivity index (χ3n) is 3.14. The van der Waals surface area contributed by atoms with Crippen molar-refractivity contribution in [3.8, 4) is 6.07 Å². The zero-order chi connectivity index (χ0) is 12.0. The molecule has 1 fully saturated rings. The van der Waals surface area contributed by atoms with Crippen molar-refractivity contribution in [1.82, 2.24) is 4.90 Å². The minimum Gasteiger partial charge on any atom is -0.378 e. The summed E-state index contributed by atoms with van der Waals surface area (Å²) in [6.07, 6.45) is 3.37. The van der Waals surface area contributed by atoms with Crippen LogP contribution in [-0.2, 0) is 4.74 Å². The summed E-state index contributed by atoms with van der Waals surface area (Å²) < 4.78 is 5.59. The van der Waals surface area contributed by atoms with E-state index in [1.165, 1.54) is 0 Å². The molecule has 1 aliphatic rings. The van der Waals surface area contributed by atoms with Gasteiger partial charge in [0.05, 0.1) is 12.2 Å². The van der Waals surface area contributed by atoms with Crippen molar-refractivity contribution in [3.63, 3.8) is 0 Å². The van der Waals surface area contributed by atoms with E-state index >= 15 is 0 Å². The van der Waals surface area contributed by atoms with E-state index in [-0.39, 0.29) is 0 Å². The van der Waals surface area contributed by atoms with Gasteiger partial charge in [0.2, 0.25) is 0 Å². The van der Waals surface area contributed by atoms with E-state index in [0.717, 1.165) is 45.5 Å². The lowest BCUT2D eigenvalue weighted by Crippen LogP contribution is -2.42. The molecule has 4 heteroatoms. The Kier molecular flexibility index (Phi) is 5.20. The van der Waals surface area contributed by atoms with Crippen molar-refractivity contribution in [2.24, 2.45) is 5.73 Å². The molecule has 0 bridgehead atoms. The Labute approximate surface area is 98.4 Å². The molecule has 0 aromatic rings. The van der Waals surface area contributed by atoms with E-state index in [2.05, 4.69) is 11.0 Å². The van der Waals surface area contributed by atoms with Crippen LogP contribution in [0.1, 0.15) is 33.1 Å². The van der Waals surface area contributed by atoms with Crippen LogP contribution in [0, 0.1) is 11.3 Å². The van der Waals surface area contributed by atoms with E-state index < -0.39 is 5.54 Å². The maximum absolute atomic E-state index is 8.82. The molecule has 0 saturated carbocycles. The average molecular weight is 225 g/mol. The highest BCUT2D eigenvalue weighted by molar-refractivity contribution is 5.01. The molecule has 1 rings (SSSR count). The Balaban J connectivity index is 2.20. The number of nitrogens with two attached hydrogens (primary N) is 1. The first-order chi connectivity index (χ1) is 7.57. The Bertz CT molecular complexity index is 239. The quantitative estimate of drug-likeness (QED) is 0.761. The number of hydrogen-bond acceptors (Lipinski definition) is 4.